The van der Waals surface area contributed by atoms with Crippen LogP contribution in [0.4, 0.5) is 5.82 Å². The van der Waals surface area contributed by atoms with Gasteiger partial charge in [-0.15, -0.1) is 5.10 Å². The Morgan fingerprint density at radius 3 is 2.07 bits per heavy atom. The summed E-state index contributed by atoms with van der Waals surface area (Å²) in [5.41, 5.74) is 2.35. The summed E-state index contributed by atoms with van der Waals surface area (Å²) >= 11 is 0. The second-order valence-electron chi connectivity index (χ2n) is 7.05. The molecule has 1 saturated heterocycles. The Hall–Kier alpha value is -3.54. The zero-order valence-electron chi connectivity index (χ0n) is 16.3. The second-order valence-corrected chi connectivity index (χ2v) is 7.05. The highest BCUT2D eigenvalue weighted by molar-refractivity contribution is 6.15. The summed E-state index contributed by atoms with van der Waals surface area (Å²) in [6, 6.07) is 20.0. The van der Waals surface area contributed by atoms with E-state index in [4.69, 9.17) is 0 Å². The number of hydrogen-bond donors (Lipinski definition) is 0. The van der Waals surface area contributed by atoms with Crippen molar-refractivity contribution in [2.75, 3.05) is 31.1 Å². The number of aromatic nitrogens is 2. The largest absolute Gasteiger partial charge is 0.352 e. The average molecular weight is 386 g/mol. The molecular formula is C23H22N4O2. The number of ketones is 1. The molecule has 1 aromatic heterocycles. The molecule has 0 radical (unpaired) electrons. The molecule has 4 rings (SSSR count). The number of amides is 1. The van der Waals surface area contributed by atoms with Gasteiger partial charge in [0.05, 0.1) is 11.3 Å². The molecule has 0 bridgehead atoms. The molecule has 0 spiro atoms. The van der Waals surface area contributed by atoms with Gasteiger partial charge in [-0.2, -0.15) is 5.10 Å². The van der Waals surface area contributed by atoms with Gasteiger partial charge in [-0.3, -0.25) is 9.59 Å². The highest BCUT2D eigenvalue weighted by atomic mass is 16.2. The molecule has 146 valence electrons. The molecule has 1 fully saturated rings. The van der Waals surface area contributed by atoms with E-state index in [2.05, 4.69) is 15.1 Å². The van der Waals surface area contributed by atoms with Gasteiger partial charge in [0.15, 0.2) is 11.6 Å². The Labute approximate surface area is 169 Å². The number of anilines is 1. The molecule has 1 amide bonds. The van der Waals surface area contributed by atoms with E-state index < -0.39 is 0 Å². The van der Waals surface area contributed by atoms with Crippen LogP contribution in [0, 0.1) is 6.92 Å². The molecule has 6 heteroatoms. The van der Waals surface area contributed by atoms with Gasteiger partial charge >= 0.3 is 0 Å². The van der Waals surface area contributed by atoms with Gasteiger partial charge in [-0.1, -0.05) is 48.5 Å². The van der Waals surface area contributed by atoms with Crippen molar-refractivity contribution in [3.05, 3.63) is 89.1 Å². The number of piperazine rings is 1. The van der Waals surface area contributed by atoms with Crippen LogP contribution in [0.25, 0.3) is 0 Å². The van der Waals surface area contributed by atoms with Crippen molar-refractivity contribution in [1.29, 1.82) is 0 Å². The molecule has 0 atom stereocenters. The van der Waals surface area contributed by atoms with E-state index in [0.717, 1.165) is 11.5 Å². The maximum absolute atomic E-state index is 13.2. The van der Waals surface area contributed by atoms with Gasteiger partial charge in [0.25, 0.3) is 5.91 Å². The summed E-state index contributed by atoms with van der Waals surface area (Å²) in [6.07, 6.45) is 0. The van der Waals surface area contributed by atoms with Crippen molar-refractivity contribution in [3.8, 4) is 0 Å². The molecule has 2 aromatic carbocycles. The number of hydrogen-bond acceptors (Lipinski definition) is 5. The smallest absolute Gasteiger partial charge is 0.254 e. The standard InChI is InChI=1S/C23H22N4O2/c1-17-11-12-21(25-24-17)26-13-15-27(16-14-26)23(29)20-10-6-5-9-19(20)22(28)18-7-3-2-4-8-18/h2-12H,13-16H2,1H3. The van der Waals surface area contributed by atoms with E-state index in [1.165, 1.54) is 0 Å². The maximum Gasteiger partial charge on any atom is 0.254 e. The van der Waals surface area contributed by atoms with Crippen LogP contribution in [-0.4, -0.2) is 53.0 Å². The first-order chi connectivity index (χ1) is 14.1. The molecule has 0 unspecified atom stereocenters. The topological polar surface area (TPSA) is 66.4 Å². The third-order valence-corrected chi connectivity index (χ3v) is 5.11. The molecule has 0 saturated carbocycles. The summed E-state index contributed by atoms with van der Waals surface area (Å²) in [6.45, 7) is 4.41. The van der Waals surface area contributed by atoms with Gasteiger partial charge in [-0.25, -0.2) is 0 Å². The first kappa shape index (κ1) is 18.8. The summed E-state index contributed by atoms with van der Waals surface area (Å²) in [7, 11) is 0. The van der Waals surface area contributed by atoms with E-state index >= 15 is 0 Å². The quantitative estimate of drug-likeness (QED) is 0.645. The molecular weight excluding hydrogens is 364 g/mol. The summed E-state index contributed by atoms with van der Waals surface area (Å²) in [4.78, 5) is 30.0. The van der Waals surface area contributed by atoms with Crippen LogP contribution in [0.2, 0.25) is 0 Å². The molecule has 1 aliphatic rings. The average Bonchev–Trinajstić information content (AvgIpc) is 2.79. The van der Waals surface area contributed by atoms with Crippen molar-refractivity contribution < 1.29 is 9.59 Å². The van der Waals surface area contributed by atoms with Crippen LogP contribution < -0.4 is 4.90 Å². The normalized spacial score (nSPS) is 14.0. The summed E-state index contributed by atoms with van der Waals surface area (Å²) in [5, 5.41) is 8.33. The minimum absolute atomic E-state index is 0.112. The molecule has 1 aliphatic heterocycles. The van der Waals surface area contributed by atoms with Gasteiger partial charge in [0.1, 0.15) is 0 Å². The lowest BCUT2D eigenvalue weighted by atomic mass is 9.97. The van der Waals surface area contributed by atoms with E-state index in [1.807, 2.05) is 37.3 Å². The van der Waals surface area contributed by atoms with Crippen LogP contribution in [-0.2, 0) is 0 Å². The molecule has 2 heterocycles. The third kappa shape index (κ3) is 4.01. The molecule has 0 aliphatic carbocycles. The lowest BCUT2D eigenvalue weighted by Gasteiger charge is -2.35. The first-order valence-electron chi connectivity index (χ1n) is 9.67. The molecule has 6 nitrogen and oxygen atoms in total. The van der Waals surface area contributed by atoms with E-state index in [0.29, 0.717) is 42.9 Å². The number of nitrogens with zero attached hydrogens (tertiary/aromatic N) is 4. The Kier molecular flexibility index (Phi) is 5.33. The van der Waals surface area contributed by atoms with E-state index in [-0.39, 0.29) is 11.7 Å². The Morgan fingerprint density at radius 1 is 0.759 bits per heavy atom. The monoisotopic (exact) mass is 386 g/mol. The zero-order valence-corrected chi connectivity index (χ0v) is 16.3. The van der Waals surface area contributed by atoms with Crippen molar-refractivity contribution >= 4 is 17.5 Å². The lowest BCUT2D eigenvalue weighted by Crippen LogP contribution is -2.49. The zero-order chi connectivity index (χ0) is 20.2. The van der Waals surface area contributed by atoms with Crippen molar-refractivity contribution in [2.24, 2.45) is 0 Å². The minimum atomic E-state index is -0.136. The lowest BCUT2D eigenvalue weighted by molar-refractivity contribution is 0.0742. The molecule has 3 aromatic rings. The predicted molar refractivity (Wildman–Crippen MR) is 111 cm³/mol. The van der Waals surface area contributed by atoms with Gasteiger partial charge in [0, 0.05) is 37.3 Å². The van der Waals surface area contributed by atoms with Crippen molar-refractivity contribution in [2.45, 2.75) is 6.92 Å². The third-order valence-electron chi connectivity index (χ3n) is 5.11. The van der Waals surface area contributed by atoms with Crippen molar-refractivity contribution in [1.82, 2.24) is 15.1 Å². The summed E-state index contributed by atoms with van der Waals surface area (Å²) in [5.74, 6) is 0.574. The van der Waals surface area contributed by atoms with Crippen LogP contribution in [0.15, 0.2) is 66.7 Å². The Morgan fingerprint density at radius 2 is 1.41 bits per heavy atom. The van der Waals surface area contributed by atoms with Crippen LogP contribution in [0.5, 0.6) is 0 Å². The fourth-order valence-electron chi connectivity index (χ4n) is 3.48. The van der Waals surface area contributed by atoms with Crippen molar-refractivity contribution in [3.63, 3.8) is 0 Å². The fraction of sp³-hybridized carbons (Fsp3) is 0.217. The number of benzene rings is 2. The fourth-order valence-corrected chi connectivity index (χ4v) is 3.48. The van der Waals surface area contributed by atoms with Gasteiger partial charge in [-0.05, 0) is 25.1 Å². The SMILES string of the molecule is Cc1ccc(N2CCN(C(=O)c3ccccc3C(=O)c3ccccc3)CC2)nn1. The predicted octanol–water partition coefficient (Wildman–Crippen LogP) is 2.98. The second kappa shape index (κ2) is 8.22. The number of carbonyl (C=O) groups excluding carboxylic acids is 2. The van der Waals surface area contributed by atoms with E-state index in [9.17, 15) is 9.59 Å². The molecule has 29 heavy (non-hydrogen) atoms. The Balaban J connectivity index is 1.50. The maximum atomic E-state index is 13.2. The minimum Gasteiger partial charge on any atom is -0.352 e. The van der Waals surface area contributed by atoms with Gasteiger partial charge in [0.2, 0.25) is 0 Å². The number of carbonyl (C=O) groups is 2. The highest BCUT2D eigenvalue weighted by Gasteiger charge is 2.26. The Bertz CT molecular complexity index is 1010. The van der Waals surface area contributed by atoms with Crippen LogP contribution in [0.3, 0.4) is 0 Å². The number of rotatable bonds is 4. The van der Waals surface area contributed by atoms with E-state index in [1.54, 1.807) is 41.3 Å². The van der Waals surface area contributed by atoms with Gasteiger partial charge < -0.3 is 9.80 Å². The summed E-state index contributed by atoms with van der Waals surface area (Å²) < 4.78 is 0. The molecule has 0 N–H and O–H groups in total. The highest BCUT2D eigenvalue weighted by Crippen LogP contribution is 2.19. The first-order valence-corrected chi connectivity index (χ1v) is 9.67. The van der Waals surface area contributed by atoms with Crippen LogP contribution >= 0.6 is 0 Å². The number of aryl methyl sites for hydroxylation is 1. The van der Waals surface area contributed by atoms with Crippen LogP contribution in [0.1, 0.15) is 32.0 Å².